The maximum absolute atomic E-state index is 12.6. The summed E-state index contributed by atoms with van der Waals surface area (Å²) in [6, 6.07) is 52.7. The highest BCUT2D eigenvalue weighted by Gasteiger charge is 2.30. The number of nitrogens with zero attached hydrogens (tertiary/aromatic N) is 3. The van der Waals surface area contributed by atoms with Crippen molar-refractivity contribution in [2.45, 2.75) is 131 Å². The van der Waals surface area contributed by atoms with Crippen LogP contribution in [0.25, 0.3) is 94.7 Å². The summed E-state index contributed by atoms with van der Waals surface area (Å²) >= 11 is 0. The van der Waals surface area contributed by atoms with E-state index >= 15 is 0 Å². The minimum absolute atomic E-state index is 0.0254. The van der Waals surface area contributed by atoms with E-state index in [9.17, 15) is 5.11 Å². The number of para-hydroxylation sites is 1. The van der Waals surface area contributed by atoms with Crippen molar-refractivity contribution in [2.75, 3.05) is 0 Å². The number of rotatable bonds is 6. The lowest BCUT2D eigenvalue weighted by atomic mass is 9.79. The van der Waals surface area contributed by atoms with Crippen LogP contribution >= 0.6 is 0 Å². The molecule has 3 aromatic heterocycles. The van der Waals surface area contributed by atoms with Gasteiger partial charge in [-0.3, -0.25) is 9.55 Å². The van der Waals surface area contributed by atoms with Gasteiger partial charge in [0, 0.05) is 39.2 Å². The van der Waals surface area contributed by atoms with E-state index in [0.29, 0.717) is 11.4 Å². The van der Waals surface area contributed by atoms with Gasteiger partial charge in [0.05, 0.1) is 28.0 Å². The number of imidazole rings is 1. The van der Waals surface area contributed by atoms with Crippen molar-refractivity contribution in [3.05, 3.63) is 180 Å². The Morgan fingerprint density at radius 3 is 1.68 bits per heavy atom. The van der Waals surface area contributed by atoms with Gasteiger partial charge in [0.15, 0.2) is 0 Å². The van der Waals surface area contributed by atoms with Gasteiger partial charge in [0.25, 0.3) is 0 Å². The van der Waals surface area contributed by atoms with Crippen molar-refractivity contribution < 1.29 is 9.52 Å². The first-order valence-corrected chi connectivity index (χ1v) is 25.9. The summed E-state index contributed by atoms with van der Waals surface area (Å²) in [5, 5.41) is 14.9. The molecule has 0 radical (unpaired) electrons. The average Bonchev–Trinajstić information content (AvgIpc) is 3.90. The van der Waals surface area contributed by atoms with Crippen LogP contribution in [-0.4, -0.2) is 19.6 Å². The molecule has 0 spiro atoms. The van der Waals surface area contributed by atoms with Crippen LogP contribution < -0.4 is 0 Å². The van der Waals surface area contributed by atoms with Crippen molar-refractivity contribution in [3.8, 4) is 67.5 Å². The van der Waals surface area contributed by atoms with E-state index in [1.165, 1.54) is 16.7 Å². The summed E-state index contributed by atoms with van der Waals surface area (Å²) in [7, 11) is 0. The highest BCUT2D eigenvalue weighted by atomic mass is 16.3. The Labute approximate surface area is 433 Å². The number of aromatic hydroxyl groups is 1. The lowest BCUT2D eigenvalue weighted by Gasteiger charge is -2.28. The van der Waals surface area contributed by atoms with Gasteiger partial charge in [-0.1, -0.05) is 183 Å². The molecule has 0 saturated carbocycles. The van der Waals surface area contributed by atoms with E-state index in [1.54, 1.807) is 0 Å². The molecule has 10 rings (SSSR count). The number of pyridine rings is 1. The third-order valence-electron chi connectivity index (χ3n) is 14.7. The number of aromatic nitrogens is 3. The molecule has 73 heavy (non-hydrogen) atoms. The van der Waals surface area contributed by atoms with Crippen molar-refractivity contribution in [3.63, 3.8) is 0 Å². The second-order valence-corrected chi connectivity index (χ2v) is 25.5. The predicted octanol–water partition coefficient (Wildman–Crippen LogP) is 18.8. The Kier molecular flexibility index (Phi) is 11.8. The Morgan fingerprint density at radius 1 is 0.425 bits per heavy atom. The monoisotopic (exact) mass is 962 g/mol. The minimum atomic E-state index is -0.336. The molecule has 0 saturated heterocycles. The van der Waals surface area contributed by atoms with Gasteiger partial charge in [-0.05, 0) is 138 Å². The standard InChI is InChI=1S/C68H71N3O2/c1-64(2,3)46-26-29-57(53(37-46)41-20-17-16-18-21-41)71-58-23-19-22-50(61(58)70-63(71)54-38-49(67(10,11)12)39-55(62(54)72)68(13,14)15)44-32-45(34-48(33-44)66(7,8)9)56-35-43(30-31-69-56)42-24-27-51-52-28-25-47(65(4,5)6)40-60(52)73-59(51)36-42/h16-40,72H,1-15H3. The predicted molar refractivity (Wildman–Crippen MR) is 308 cm³/mol. The first-order valence-electron chi connectivity index (χ1n) is 25.9. The van der Waals surface area contributed by atoms with E-state index in [1.807, 2.05) is 6.20 Å². The van der Waals surface area contributed by atoms with Crippen LogP contribution in [0.2, 0.25) is 0 Å². The topological polar surface area (TPSA) is 64.1 Å². The van der Waals surface area contributed by atoms with Crippen LogP contribution in [-0.2, 0) is 27.1 Å². The van der Waals surface area contributed by atoms with E-state index in [-0.39, 0.29) is 32.8 Å². The summed E-state index contributed by atoms with van der Waals surface area (Å²) < 4.78 is 8.84. The molecule has 0 aliphatic rings. The lowest BCUT2D eigenvalue weighted by molar-refractivity contribution is 0.446. The van der Waals surface area contributed by atoms with Crippen molar-refractivity contribution >= 4 is 33.0 Å². The third-order valence-corrected chi connectivity index (χ3v) is 14.7. The fourth-order valence-electron chi connectivity index (χ4n) is 10.2. The molecule has 0 atom stereocenters. The summed E-state index contributed by atoms with van der Waals surface area (Å²) in [6.07, 6.45) is 1.92. The van der Waals surface area contributed by atoms with Crippen LogP contribution in [0.5, 0.6) is 5.75 Å². The molecular weight excluding hydrogens is 891 g/mol. The van der Waals surface area contributed by atoms with Gasteiger partial charge in [-0.2, -0.15) is 0 Å². The Hall–Kier alpha value is -7.24. The zero-order valence-electron chi connectivity index (χ0n) is 45.6. The van der Waals surface area contributed by atoms with Gasteiger partial charge >= 0.3 is 0 Å². The fraction of sp³-hybridized carbons (Fsp3) is 0.294. The smallest absolute Gasteiger partial charge is 0.149 e. The number of phenolic OH excluding ortho intramolecular Hbond substituents is 1. The Bertz CT molecular complexity index is 3760. The molecule has 10 aromatic rings. The quantitative estimate of drug-likeness (QED) is 0.180. The molecule has 0 aliphatic heterocycles. The summed E-state index contributed by atoms with van der Waals surface area (Å²) in [5.74, 6) is 0.943. The van der Waals surface area contributed by atoms with Crippen molar-refractivity contribution in [1.82, 2.24) is 14.5 Å². The zero-order valence-corrected chi connectivity index (χ0v) is 45.6. The van der Waals surface area contributed by atoms with E-state index in [2.05, 4.69) is 254 Å². The molecule has 5 nitrogen and oxygen atoms in total. The first-order chi connectivity index (χ1) is 34.2. The molecule has 370 valence electrons. The largest absolute Gasteiger partial charge is 0.507 e. The van der Waals surface area contributed by atoms with Crippen LogP contribution in [0.4, 0.5) is 0 Å². The highest BCUT2D eigenvalue weighted by Crippen LogP contribution is 2.47. The van der Waals surface area contributed by atoms with E-state index < -0.39 is 0 Å². The zero-order chi connectivity index (χ0) is 52.2. The number of hydrogen-bond donors (Lipinski definition) is 1. The van der Waals surface area contributed by atoms with Gasteiger partial charge in [0.1, 0.15) is 22.7 Å². The molecular formula is C68H71N3O2. The summed E-state index contributed by atoms with van der Waals surface area (Å²) in [4.78, 5) is 10.8. The molecule has 0 unspecified atom stereocenters. The SMILES string of the molecule is CC(C)(C)c1cc(-c2cc(-c3ccc4c(c3)oc3cc(C(C)(C)C)ccc34)ccn2)cc(-c2cccc3c2nc(-c2cc(C(C)(C)C)cc(C(C)(C)C)c2O)n3-c2ccc(C(C)(C)C)cc2-c2ccccc2)c1. The van der Waals surface area contributed by atoms with Crippen LogP contribution in [0.1, 0.15) is 132 Å². The van der Waals surface area contributed by atoms with Crippen LogP contribution in [0.3, 0.4) is 0 Å². The maximum atomic E-state index is 12.6. The highest BCUT2D eigenvalue weighted by molar-refractivity contribution is 6.06. The molecule has 3 heterocycles. The normalized spacial score (nSPS) is 12.9. The third kappa shape index (κ3) is 9.28. The van der Waals surface area contributed by atoms with Gasteiger partial charge in [-0.15, -0.1) is 0 Å². The summed E-state index contributed by atoms with van der Waals surface area (Å²) in [6.45, 7) is 33.5. The molecule has 0 aliphatic carbocycles. The van der Waals surface area contributed by atoms with E-state index in [0.717, 1.165) is 94.4 Å². The van der Waals surface area contributed by atoms with Crippen LogP contribution in [0.15, 0.2) is 156 Å². The molecule has 5 heteroatoms. The number of hydrogen-bond acceptors (Lipinski definition) is 4. The number of phenols is 1. The first kappa shape index (κ1) is 49.3. The van der Waals surface area contributed by atoms with Gasteiger partial charge in [0.2, 0.25) is 0 Å². The summed E-state index contributed by atoms with van der Waals surface area (Å²) in [5.41, 5.74) is 18.5. The molecule has 0 fully saturated rings. The molecule has 0 bridgehead atoms. The second kappa shape index (κ2) is 17.5. The lowest BCUT2D eigenvalue weighted by Crippen LogP contribution is -2.17. The van der Waals surface area contributed by atoms with E-state index in [4.69, 9.17) is 14.4 Å². The molecule has 7 aromatic carbocycles. The Balaban J connectivity index is 1.20. The number of fused-ring (bicyclic) bond motifs is 4. The maximum Gasteiger partial charge on any atom is 0.149 e. The fourth-order valence-corrected chi connectivity index (χ4v) is 10.2. The Morgan fingerprint density at radius 2 is 1.01 bits per heavy atom. The second-order valence-electron chi connectivity index (χ2n) is 25.5. The van der Waals surface area contributed by atoms with Gasteiger partial charge in [-0.25, -0.2) is 4.98 Å². The van der Waals surface area contributed by atoms with Crippen molar-refractivity contribution in [1.29, 1.82) is 0 Å². The molecule has 0 amide bonds. The van der Waals surface area contributed by atoms with Gasteiger partial charge < -0.3 is 9.52 Å². The van der Waals surface area contributed by atoms with Crippen LogP contribution in [0, 0.1) is 0 Å². The molecule has 1 N–H and O–H groups in total. The van der Waals surface area contributed by atoms with Crippen molar-refractivity contribution in [2.24, 2.45) is 0 Å². The number of benzene rings is 7. The average molecular weight is 962 g/mol. The minimum Gasteiger partial charge on any atom is -0.507 e. The number of furan rings is 1.